The van der Waals surface area contributed by atoms with Gasteiger partial charge in [-0.1, -0.05) is 12.5 Å². The van der Waals surface area contributed by atoms with Crippen LogP contribution in [0.1, 0.15) is 29.6 Å². The minimum absolute atomic E-state index is 0.130. The molecule has 30 heavy (non-hydrogen) atoms. The number of aromatic nitrogens is 1. The molecule has 2 aliphatic rings. The van der Waals surface area contributed by atoms with Gasteiger partial charge in [0, 0.05) is 55.5 Å². The molecule has 7 nitrogen and oxygen atoms in total. The van der Waals surface area contributed by atoms with E-state index in [1.165, 1.54) is 10.4 Å². The molecule has 0 saturated carbocycles. The molecule has 9 heteroatoms. The van der Waals surface area contributed by atoms with Gasteiger partial charge in [-0.05, 0) is 59.1 Å². The summed E-state index contributed by atoms with van der Waals surface area (Å²) < 4.78 is 28.4. The van der Waals surface area contributed by atoms with Crippen molar-refractivity contribution in [3.8, 4) is 0 Å². The summed E-state index contributed by atoms with van der Waals surface area (Å²) >= 11 is 3.39. The number of hydrogen-bond donors (Lipinski definition) is 0. The quantitative estimate of drug-likeness (QED) is 0.655. The van der Waals surface area contributed by atoms with Gasteiger partial charge in [-0.3, -0.25) is 4.79 Å². The Morgan fingerprint density at radius 1 is 0.933 bits per heavy atom. The fourth-order valence-electron chi connectivity index (χ4n) is 3.92. The summed E-state index contributed by atoms with van der Waals surface area (Å²) in [5, 5.41) is 0. The molecule has 0 radical (unpaired) electrons. The Morgan fingerprint density at radius 3 is 2.33 bits per heavy atom. The summed E-state index contributed by atoms with van der Waals surface area (Å²) in [5.74, 6) is 0.758. The highest BCUT2D eigenvalue weighted by Crippen LogP contribution is 2.23. The number of piperidine rings is 1. The number of pyridine rings is 1. The molecule has 0 spiro atoms. The summed E-state index contributed by atoms with van der Waals surface area (Å²) in [6, 6.07) is 10.4. The average Bonchev–Trinajstić information content (AvgIpc) is 2.80. The molecular formula is C21H25BrN4O3S. The Kier molecular flexibility index (Phi) is 6.40. The van der Waals surface area contributed by atoms with Crippen LogP contribution in [0.3, 0.4) is 0 Å². The summed E-state index contributed by atoms with van der Waals surface area (Å²) in [6.45, 7) is 3.61. The Morgan fingerprint density at radius 2 is 1.67 bits per heavy atom. The SMILES string of the molecule is O=C(c1cccc(S(=O)(=O)N2CCCCC2)c1)N1CCN(c2ccc(Br)cn2)CC1. The molecule has 0 atom stereocenters. The van der Waals surface area contributed by atoms with Gasteiger partial charge in [-0.15, -0.1) is 0 Å². The molecule has 1 aromatic heterocycles. The predicted octanol–water partition coefficient (Wildman–Crippen LogP) is 2.98. The van der Waals surface area contributed by atoms with Crippen LogP contribution in [-0.2, 0) is 10.0 Å². The molecule has 4 rings (SSSR count). The van der Waals surface area contributed by atoms with Crippen molar-refractivity contribution in [1.29, 1.82) is 0 Å². The topological polar surface area (TPSA) is 73.8 Å². The van der Waals surface area contributed by atoms with Crippen molar-refractivity contribution in [2.24, 2.45) is 0 Å². The number of anilines is 1. The molecule has 2 aromatic rings. The van der Waals surface area contributed by atoms with E-state index in [9.17, 15) is 13.2 Å². The first kappa shape index (κ1) is 21.3. The van der Waals surface area contributed by atoms with E-state index in [0.29, 0.717) is 44.8 Å². The van der Waals surface area contributed by atoms with E-state index in [0.717, 1.165) is 29.6 Å². The minimum Gasteiger partial charge on any atom is -0.353 e. The van der Waals surface area contributed by atoms with Gasteiger partial charge >= 0.3 is 0 Å². The molecule has 0 unspecified atom stereocenters. The van der Waals surface area contributed by atoms with Crippen LogP contribution in [-0.4, -0.2) is 67.8 Å². The van der Waals surface area contributed by atoms with Gasteiger partial charge in [0.15, 0.2) is 0 Å². The van der Waals surface area contributed by atoms with Crippen LogP contribution >= 0.6 is 15.9 Å². The maximum Gasteiger partial charge on any atom is 0.254 e. The lowest BCUT2D eigenvalue weighted by Gasteiger charge is -2.35. The summed E-state index contributed by atoms with van der Waals surface area (Å²) in [6.07, 6.45) is 4.60. The first-order valence-electron chi connectivity index (χ1n) is 10.2. The maximum atomic E-state index is 13.0. The molecule has 0 aliphatic carbocycles. The lowest BCUT2D eigenvalue weighted by molar-refractivity contribution is 0.0746. The second kappa shape index (κ2) is 9.03. The zero-order valence-electron chi connectivity index (χ0n) is 16.7. The number of halogens is 1. The van der Waals surface area contributed by atoms with Gasteiger partial charge in [0.05, 0.1) is 4.90 Å². The number of carbonyl (C=O) groups is 1. The number of hydrogen-bond acceptors (Lipinski definition) is 5. The minimum atomic E-state index is -3.55. The normalized spacial score (nSPS) is 18.4. The molecule has 2 fully saturated rings. The molecule has 0 bridgehead atoms. The first-order chi connectivity index (χ1) is 14.4. The fourth-order valence-corrected chi connectivity index (χ4v) is 5.72. The molecule has 3 heterocycles. The zero-order valence-corrected chi connectivity index (χ0v) is 19.1. The Bertz CT molecular complexity index is 999. The van der Waals surface area contributed by atoms with Gasteiger partial charge in [0.1, 0.15) is 5.82 Å². The monoisotopic (exact) mass is 492 g/mol. The number of benzene rings is 1. The van der Waals surface area contributed by atoms with E-state index < -0.39 is 10.0 Å². The van der Waals surface area contributed by atoms with Gasteiger partial charge in [-0.2, -0.15) is 4.31 Å². The third-order valence-corrected chi connectivity index (χ3v) is 8.00. The van der Waals surface area contributed by atoms with Crippen LogP contribution in [0.5, 0.6) is 0 Å². The van der Waals surface area contributed by atoms with Crippen LogP contribution < -0.4 is 4.90 Å². The Labute approximate surface area is 185 Å². The number of rotatable bonds is 4. The highest BCUT2D eigenvalue weighted by molar-refractivity contribution is 9.10. The smallest absolute Gasteiger partial charge is 0.254 e. The third-order valence-electron chi connectivity index (χ3n) is 5.64. The Hall–Kier alpha value is -1.97. The second-order valence-electron chi connectivity index (χ2n) is 7.61. The number of carbonyl (C=O) groups excluding carboxylic acids is 1. The van der Waals surface area contributed by atoms with Crippen LogP contribution in [0.15, 0.2) is 52.0 Å². The Balaban J connectivity index is 1.44. The van der Waals surface area contributed by atoms with Gasteiger partial charge in [0.2, 0.25) is 10.0 Å². The van der Waals surface area contributed by atoms with Crippen molar-refractivity contribution in [1.82, 2.24) is 14.2 Å². The van der Waals surface area contributed by atoms with Crippen LogP contribution in [0, 0.1) is 0 Å². The molecule has 2 saturated heterocycles. The number of nitrogens with zero attached hydrogens (tertiary/aromatic N) is 4. The summed E-state index contributed by atoms with van der Waals surface area (Å²) in [5.41, 5.74) is 0.420. The standard InChI is InChI=1S/C21H25BrN4O3S/c22-18-7-8-20(23-16-18)24-11-13-25(14-12-24)21(27)17-5-4-6-19(15-17)30(28,29)26-9-2-1-3-10-26/h4-8,15-16H,1-3,9-14H2. The largest absolute Gasteiger partial charge is 0.353 e. The van der Waals surface area contributed by atoms with Crippen LogP contribution in [0.2, 0.25) is 0 Å². The van der Waals surface area contributed by atoms with Crippen molar-refractivity contribution in [3.63, 3.8) is 0 Å². The fraction of sp³-hybridized carbons (Fsp3) is 0.429. The highest BCUT2D eigenvalue weighted by atomic mass is 79.9. The van der Waals surface area contributed by atoms with E-state index in [-0.39, 0.29) is 10.8 Å². The van der Waals surface area contributed by atoms with Crippen LogP contribution in [0.4, 0.5) is 5.82 Å². The molecule has 160 valence electrons. The lowest BCUT2D eigenvalue weighted by atomic mass is 10.2. The number of sulfonamides is 1. The molecule has 1 amide bonds. The van der Waals surface area contributed by atoms with Gasteiger partial charge < -0.3 is 9.80 Å². The van der Waals surface area contributed by atoms with Crippen molar-refractivity contribution >= 4 is 37.7 Å². The number of amides is 1. The molecule has 0 N–H and O–H groups in total. The molecule has 2 aliphatic heterocycles. The summed E-state index contributed by atoms with van der Waals surface area (Å²) in [4.78, 5) is 21.6. The van der Waals surface area contributed by atoms with Crippen LogP contribution in [0.25, 0.3) is 0 Å². The first-order valence-corrected chi connectivity index (χ1v) is 12.4. The molecular weight excluding hydrogens is 468 g/mol. The van der Waals surface area contributed by atoms with Gasteiger partial charge in [0.25, 0.3) is 5.91 Å². The molecule has 1 aromatic carbocycles. The number of piperazine rings is 1. The van der Waals surface area contributed by atoms with E-state index in [2.05, 4.69) is 25.8 Å². The van der Waals surface area contributed by atoms with Gasteiger partial charge in [-0.25, -0.2) is 13.4 Å². The van der Waals surface area contributed by atoms with E-state index in [1.807, 2.05) is 12.1 Å². The van der Waals surface area contributed by atoms with Crippen molar-refractivity contribution in [2.45, 2.75) is 24.2 Å². The van der Waals surface area contributed by atoms with Crippen molar-refractivity contribution in [3.05, 3.63) is 52.6 Å². The zero-order chi connectivity index (χ0) is 21.1. The highest BCUT2D eigenvalue weighted by Gasteiger charge is 2.28. The van der Waals surface area contributed by atoms with E-state index in [4.69, 9.17) is 0 Å². The van der Waals surface area contributed by atoms with E-state index >= 15 is 0 Å². The van der Waals surface area contributed by atoms with Crippen molar-refractivity contribution < 1.29 is 13.2 Å². The predicted molar refractivity (Wildman–Crippen MR) is 119 cm³/mol. The summed E-state index contributed by atoms with van der Waals surface area (Å²) in [7, 11) is -3.55. The van der Waals surface area contributed by atoms with E-state index in [1.54, 1.807) is 29.3 Å². The third kappa shape index (κ3) is 4.53. The van der Waals surface area contributed by atoms with Crippen molar-refractivity contribution in [2.75, 3.05) is 44.2 Å². The average molecular weight is 493 g/mol. The lowest BCUT2D eigenvalue weighted by Crippen LogP contribution is -2.49. The second-order valence-corrected chi connectivity index (χ2v) is 10.5. The maximum absolute atomic E-state index is 13.0.